The summed E-state index contributed by atoms with van der Waals surface area (Å²) in [5.74, 6) is -0.965. The second kappa shape index (κ2) is 14.6. The van der Waals surface area contributed by atoms with Gasteiger partial charge in [0.25, 0.3) is 0 Å². The molecular weight excluding hydrogens is 668 g/mol. The zero-order valence-electron chi connectivity index (χ0n) is 26.8. The summed E-state index contributed by atoms with van der Waals surface area (Å²) in [6, 6.07) is 25.9. The molecule has 6 aromatic rings. The Morgan fingerprint density at radius 1 is 0.959 bits per heavy atom. The first-order valence-electron chi connectivity index (χ1n) is 15.5. The van der Waals surface area contributed by atoms with Crippen molar-refractivity contribution in [3.8, 4) is 22.9 Å². The van der Waals surface area contributed by atoms with Gasteiger partial charge in [0.1, 0.15) is 18.3 Å². The van der Waals surface area contributed by atoms with Crippen LogP contribution in [0.3, 0.4) is 0 Å². The lowest BCUT2D eigenvalue weighted by Crippen LogP contribution is -2.14. The number of aryl methyl sites for hydroxylation is 1. The van der Waals surface area contributed by atoms with Crippen LogP contribution in [0.2, 0.25) is 0 Å². The Hall–Kier alpha value is -4.98. The largest absolute Gasteiger partial charge is 0.612 e. The van der Waals surface area contributed by atoms with Gasteiger partial charge in [-0.25, -0.2) is 26.4 Å². The average Bonchev–Trinajstić information content (AvgIpc) is 3.72. The Morgan fingerprint density at radius 3 is 2.49 bits per heavy atom. The molecule has 13 heteroatoms. The molecule has 0 saturated carbocycles. The number of hydrogen-bond acceptors (Lipinski definition) is 8. The van der Waals surface area contributed by atoms with Gasteiger partial charge in [-0.2, -0.15) is 5.10 Å². The fourth-order valence-corrected chi connectivity index (χ4v) is 7.86. The second-order valence-electron chi connectivity index (χ2n) is 11.3. The van der Waals surface area contributed by atoms with Gasteiger partial charge in [-0.1, -0.05) is 66.7 Å². The lowest BCUT2D eigenvalue weighted by Gasteiger charge is -2.15. The topological polar surface area (TPSA) is 128 Å². The molecule has 0 radical (unpaired) electrons. The minimum Gasteiger partial charge on any atom is -0.612 e. The minimum absolute atomic E-state index is 0.0425. The monoisotopic (exact) mass is 700 g/mol. The van der Waals surface area contributed by atoms with Crippen LogP contribution in [-0.4, -0.2) is 50.5 Å². The summed E-state index contributed by atoms with van der Waals surface area (Å²) in [5.41, 5.74) is 3.26. The van der Waals surface area contributed by atoms with Crippen molar-refractivity contribution in [1.29, 1.82) is 0 Å². The Morgan fingerprint density at radius 2 is 1.71 bits per heavy atom. The van der Waals surface area contributed by atoms with Crippen LogP contribution in [0.4, 0.5) is 4.39 Å². The van der Waals surface area contributed by atoms with Gasteiger partial charge in [0.15, 0.2) is 11.6 Å². The van der Waals surface area contributed by atoms with Gasteiger partial charge in [-0.05, 0) is 59.4 Å². The molecule has 1 atom stereocenters. The zero-order chi connectivity index (χ0) is 34.5. The van der Waals surface area contributed by atoms with E-state index in [4.69, 9.17) is 9.47 Å². The molecule has 2 heterocycles. The van der Waals surface area contributed by atoms with Crippen LogP contribution >= 0.6 is 0 Å². The number of carbonyl (C=O) groups is 1. The molecule has 0 aliphatic rings. The number of halogens is 1. The zero-order valence-corrected chi connectivity index (χ0v) is 28.4. The quantitative estimate of drug-likeness (QED) is 0.0988. The maximum absolute atomic E-state index is 15.8. The molecule has 0 N–H and O–H groups in total. The number of aromatic nitrogens is 4. The summed E-state index contributed by atoms with van der Waals surface area (Å²) in [7, 11) is -3.91. The van der Waals surface area contributed by atoms with E-state index in [1.165, 1.54) is 18.5 Å². The molecule has 10 nitrogen and oxygen atoms in total. The Balaban J connectivity index is 1.22. The van der Waals surface area contributed by atoms with E-state index in [1.807, 2.05) is 24.3 Å². The highest BCUT2D eigenvalue weighted by Gasteiger charge is 2.28. The van der Waals surface area contributed by atoms with Crippen LogP contribution in [0, 0.1) is 5.82 Å². The molecule has 2 aromatic heterocycles. The van der Waals surface area contributed by atoms with Gasteiger partial charge >= 0.3 is 5.97 Å². The van der Waals surface area contributed by atoms with E-state index in [9.17, 15) is 17.8 Å². The van der Waals surface area contributed by atoms with E-state index < -0.39 is 27.0 Å². The van der Waals surface area contributed by atoms with E-state index in [2.05, 4.69) is 10.1 Å². The van der Waals surface area contributed by atoms with Gasteiger partial charge in [0.2, 0.25) is 20.7 Å². The fraction of sp³-hybridized carbons (Fsp3) is 0.194. The van der Waals surface area contributed by atoms with Gasteiger partial charge in [-0.3, -0.25) is 4.79 Å². The first-order valence-corrected chi connectivity index (χ1v) is 18.6. The number of nitrogens with zero attached hydrogens (tertiary/aromatic N) is 4. The first-order chi connectivity index (χ1) is 23.6. The minimum atomic E-state index is -3.91. The predicted octanol–water partition coefficient (Wildman–Crippen LogP) is 6.49. The van der Waals surface area contributed by atoms with Crippen LogP contribution in [0.5, 0.6) is 11.5 Å². The number of hydrogen-bond donors (Lipinski definition) is 0. The van der Waals surface area contributed by atoms with Gasteiger partial charge in [0.05, 0.1) is 29.8 Å². The van der Waals surface area contributed by atoms with E-state index in [0.29, 0.717) is 48.3 Å². The number of esters is 1. The van der Waals surface area contributed by atoms with Gasteiger partial charge in [0, 0.05) is 24.2 Å². The molecule has 0 saturated heterocycles. The number of carbonyl (C=O) groups excluding carboxylic acids is 1. The van der Waals surface area contributed by atoms with Crippen molar-refractivity contribution in [3.05, 3.63) is 126 Å². The molecule has 6 rings (SSSR count). The maximum atomic E-state index is 15.8. The van der Waals surface area contributed by atoms with Crippen molar-refractivity contribution < 1.29 is 31.6 Å². The third-order valence-electron chi connectivity index (χ3n) is 7.71. The number of rotatable bonds is 13. The van der Waals surface area contributed by atoms with Crippen molar-refractivity contribution in [2.24, 2.45) is 0 Å². The van der Waals surface area contributed by atoms with E-state index in [0.717, 1.165) is 21.2 Å². The fourth-order valence-electron chi connectivity index (χ4n) is 5.52. The van der Waals surface area contributed by atoms with Crippen molar-refractivity contribution in [2.75, 3.05) is 12.9 Å². The van der Waals surface area contributed by atoms with Crippen LogP contribution in [0.1, 0.15) is 30.0 Å². The smallest absolute Gasteiger partial charge is 0.306 e. The Kier molecular flexibility index (Phi) is 10.1. The van der Waals surface area contributed by atoms with Crippen LogP contribution in [0.15, 0.2) is 108 Å². The van der Waals surface area contributed by atoms with Crippen molar-refractivity contribution in [1.82, 2.24) is 18.7 Å². The number of ether oxygens (including phenoxy) is 2. The number of fused-ring (bicyclic) bond motifs is 1. The van der Waals surface area contributed by atoms with Crippen LogP contribution < -0.4 is 4.74 Å². The Labute approximate surface area is 286 Å². The highest BCUT2D eigenvalue weighted by molar-refractivity contribution is 7.91. The van der Waals surface area contributed by atoms with Crippen LogP contribution in [0.25, 0.3) is 22.3 Å². The van der Waals surface area contributed by atoms with E-state index in [1.54, 1.807) is 72.5 Å². The lowest BCUT2D eigenvalue weighted by atomic mass is 10.1. The van der Waals surface area contributed by atoms with E-state index >= 15 is 4.39 Å². The summed E-state index contributed by atoms with van der Waals surface area (Å²) >= 11 is -1.74. The Bertz CT molecular complexity index is 2220. The summed E-state index contributed by atoms with van der Waals surface area (Å²) < 4.78 is 69.1. The van der Waals surface area contributed by atoms with Crippen molar-refractivity contribution in [3.63, 3.8) is 0 Å². The first kappa shape index (κ1) is 33.9. The third kappa shape index (κ3) is 7.85. The SMILES string of the molecule is CCOC(=O)CCc1cccc(Cn2cnc(-c3cccc(Oc4c(F)cc5c(ccn5S(=O)(=O)Cc5ccccc5)c4[S+](C)[O-])c3)n2)c1. The summed E-state index contributed by atoms with van der Waals surface area (Å²) in [5, 5.41) is 4.91. The molecule has 1 unspecified atom stereocenters. The average molecular weight is 701 g/mol. The standard InChI is InChI=1S/C36H33FN4O6S2/c1-3-46-33(42)16-15-25-11-7-12-27(19-25)22-40-24-38-36(39-40)28-13-8-14-29(20-28)47-34-31(37)21-32-30(35(34)48(2)43)17-18-41(32)49(44,45)23-26-9-5-4-6-10-26/h4-14,17-21,24H,3,15-16,22-23H2,1-2H3. The molecule has 0 bridgehead atoms. The van der Waals surface area contributed by atoms with Gasteiger partial charge < -0.3 is 14.0 Å². The van der Waals surface area contributed by atoms with E-state index in [-0.39, 0.29) is 33.6 Å². The lowest BCUT2D eigenvalue weighted by molar-refractivity contribution is -0.143. The molecule has 0 spiro atoms. The molecular formula is C36H33FN4O6S2. The number of benzene rings is 4. The molecule has 252 valence electrons. The molecule has 0 amide bonds. The highest BCUT2D eigenvalue weighted by Crippen LogP contribution is 2.39. The van der Waals surface area contributed by atoms with Crippen LogP contribution in [-0.2, 0) is 49.4 Å². The van der Waals surface area contributed by atoms with Gasteiger partial charge in [-0.15, -0.1) is 0 Å². The summed E-state index contributed by atoms with van der Waals surface area (Å²) in [4.78, 5) is 16.2. The molecule has 0 aliphatic carbocycles. The normalized spacial score (nSPS) is 12.2. The predicted molar refractivity (Wildman–Crippen MR) is 185 cm³/mol. The highest BCUT2D eigenvalue weighted by atomic mass is 32.2. The van der Waals surface area contributed by atoms with Crippen molar-refractivity contribution in [2.45, 2.75) is 37.0 Å². The summed E-state index contributed by atoms with van der Waals surface area (Å²) in [6.45, 7) is 2.59. The molecule has 0 aliphatic heterocycles. The second-order valence-corrected chi connectivity index (χ2v) is 14.4. The molecule has 0 fully saturated rings. The molecule has 49 heavy (non-hydrogen) atoms. The molecule has 4 aromatic carbocycles. The summed E-state index contributed by atoms with van der Waals surface area (Å²) in [6.07, 6.45) is 5.21. The van der Waals surface area contributed by atoms with Crippen molar-refractivity contribution >= 4 is 38.1 Å². The third-order valence-corrected chi connectivity index (χ3v) is 10.3. The maximum Gasteiger partial charge on any atom is 0.306 e.